The largest absolute Gasteiger partial charge is 0.368 e. The Bertz CT molecular complexity index is 703. The van der Waals surface area contributed by atoms with E-state index in [4.69, 9.17) is 4.74 Å². The highest BCUT2D eigenvalue weighted by atomic mass is 32.1. The van der Waals surface area contributed by atoms with Crippen LogP contribution in [0.2, 0.25) is 0 Å². The van der Waals surface area contributed by atoms with E-state index in [-0.39, 0.29) is 35.7 Å². The van der Waals surface area contributed by atoms with Crippen LogP contribution in [0.25, 0.3) is 0 Å². The molecule has 0 saturated carbocycles. The Hall–Kier alpha value is -1.77. The Labute approximate surface area is 177 Å². The maximum absolute atomic E-state index is 13.1. The van der Waals surface area contributed by atoms with Crippen molar-refractivity contribution < 1.29 is 19.1 Å². The van der Waals surface area contributed by atoms with E-state index < -0.39 is 12.1 Å². The Morgan fingerprint density at radius 3 is 2.69 bits per heavy atom. The molecule has 1 aliphatic rings. The number of nitrogens with zero attached hydrogens (tertiary/aromatic N) is 1. The average Bonchev–Trinajstić information content (AvgIpc) is 3.30. The van der Waals surface area contributed by atoms with Crippen LogP contribution in [-0.4, -0.2) is 67.9 Å². The molecular formula is C21H33N3O4S. The van der Waals surface area contributed by atoms with E-state index in [0.29, 0.717) is 18.4 Å². The lowest BCUT2D eigenvalue weighted by molar-refractivity contribution is -0.128. The number of carbonyl (C=O) groups excluding carboxylic acids is 3. The lowest BCUT2D eigenvalue weighted by Gasteiger charge is -2.30. The molecule has 7 nitrogen and oxygen atoms in total. The first-order chi connectivity index (χ1) is 13.6. The molecule has 1 aromatic heterocycles. The predicted octanol–water partition coefficient (Wildman–Crippen LogP) is 2.08. The van der Waals surface area contributed by atoms with Crippen molar-refractivity contribution in [3.8, 4) is 0 Å². The van der Waals surface area contributed by atoms with Crippen LogP contribution < -0.4 is 10.6 Å². The molecule has 1 fully saturated rings. The van der Waals surface area contributed by atoms with Crippen molar-refractivity contribution in [1.29, 1.82) is 0 Å². The van der Waals surface area contributed by atoms with Gasteiger partial charge >= 0.3 is 0 Å². The van der Waals surface area contributed by atoms with Gasteiger partial charge in [0.05, 0.1) is 11.7 Å². The summed E-state index contributed by atoms with van der Waals surface area (Å²) in [6.07, 6.45) is 1.65. The summed E-state index contributed by atoms with van der Waals surface area (Å²) < 4.78 is 5.59. The Morgan fingerprint density at radius 2 is 2.10 bits per heavy atom. The molecule has 0 spiro atoms. The topological polar surface area (TPSA) is 87.7 Å². The number of thiophene rings is 1. The van der Waals surface area contributed by atoms with E-state index in [1.165, 1.54) is 11.3 Å². The summed E-state index contributed by atoms with van der Waals surface area (Å²) in [4.78, 5) is 40.0. The first kappa shape index (κ1) is 23.5. The lowest BCUT2D eigenvalue weighted by Crippen LogP contribution is -2.54. The number of hydrogen-bond donors (Lipinski definition) is 2. The molecule has 1 aliphatic heterocycles. The highest BCUT2D eigenvalue weighted by Gasteiger charge is 2.39. The van der Waals surface area contributed by atoms with Gasteiger partial charge in [-0.25, -0.2) is 0 Å². The maximum Gasteiger partial charge on any atom is 0.252 e. The van der Waals surface area contributed by atoms with E-state index in [1.807, 2.05) is 24.4 Å². The van der Waals surface area contributed by atoms with Crippen molar-refractivity contribution in [2.24, 2.45) is 5.41 Å². The Balaban J connectivity index is 2.10. The summed E-state index contributed by atoms with van der Waals surface area (Å²) in [5.74, 6) is -0.745. The summed E-state index contributed by atoms with van der Waals surface area (Å²) in [5, 5.41) is 9.29. The van der Waals surface area contributed by atoms with E-state index in [9.17, 15) is 14.4 Å². The van der Waals surface area contributed by atoms with Crippen LogP contribution in [0, 0.1) is 5.41 Å². The third-order valence-corrected chi connectivity index (χ3v) is 6.12. The van der Waals surface area contributed by atoms with Crippen molar-refractivity contribution in [3.63, 3.8) is 0 Å². The van der Waals surface area contributed by atoms with Crippen LogP contribution in [0.5, 0.6) is 0 Å². The highest BCUT2D eigenvalue weighted by Crippen LogP contribution is 2.27. The molecule has 1 aromatic rings. The molecule has 1 saturated heterocycles. The maximum atomic E-state index is 13.1. The zero-order valence-corrected chi connectivity index (χ0v) is 18.8. The second-order valence-electron chi connectivity index (χ2n) is 8.65. The van der Waals surface area contributed by atoms with E-state index in [1.54, 1.807) is 11.4 Å². The standard InChI is InChI=1S/C21H33N3O4S/c1-6-21(2,3)11-15(22-19(26)14-8-10-29-13-14)20(27)23-18-16(25)12-28-17(18)7-9-24(4)5/h8,10,13,15,17-18H,6-7,9,11-12H2,1-5H3,(H,22,26)(H,23,27)/t15-,17?,18?/m0/s1. The fraction of sp³-hybridized carbons (Fsp3) is 0.667. The van der Waals surface area contributed by atoms with Crippen LogP contribution in [0.4, 0.5) is 0 Å². The van der Waals surface area contributed by atoms with Gasteiger partial charge in [-0.15, -0.1) is 0 Å². The van der Waals surface area contributed by atoms with Crippen LogP contribution >= 0.6 is 11.3 Å². The first-order valence-corrected chi connectivity index (χ1v) is 11.0. The number of Topliss-reactive ketones (excluding diaryl/α,β-unsaturated/α-hetero) is 1. The van der Waals surface area contributed by atoms with Crippen LogP contribution in [0.15, 0.2) is 16.8 Å². The third kappa shape index (κ3) is 6.90. The third-order valence-electron chi connectivity index (χ3n) is 5.44. The number of hydrogen-bond acceptors (Lipinski definition) is 6. The van der Waals surface area contributed by atoms with Crippen LogP contribution in [-0.2, 0) is 14.3 Å². The Morgan fingerprint density at radius 1 is 1.38 bits per heavy atom. The smallest absolute Gasteiger partial charge is 0.252 e. The molecule has 2 amide bonds. The molecule has 2 unspecified atom stereocenters. The van der Waals surface area contributed by atoms with Gasteiger partial charge in [0.15, 0.2) is 5.78 Å². The average molecular weight is 424 g/mol. The summed E-state index contributed by atoms with van der Waals surface area (Å²) in [6, 6.07) is 0.332. The molecule has 2 heterocycles. The first-order valence-electron chi connectivity index (χ1n) is 10.1. The number of nitrogens with one attached hydrogen (secondary N) is 2. The van der Waals surface area contributed by atoms with Gasteiger partial charge in [0, 0.05) is 11.9 Å². The molecule has 0 radical (unpaired) electrons. The van der Waals surface area contributed by atoms with Crippen molar-refractivity contribution in [1.82, 2.24) is 15.5 Å². The van der Waals surface area contributed by atoms with Crippen LogP contribution in [0.1, 0.15) is 50.4 Å². The van der Waals surface area contributed by atoms with Gasteiger partial charge in [-0.2, -0.15) is 11.3 Å². The predicted molar refractivity (Wildman–Crippen MR) is 114 cm³/mol. The fourth-order valence-corrected chi connectivity index (χ4v) is 3.82. The highest BCUT2D eigenvalue weighted by molar-refractivity contribution is 7.08. The fourth-order valence-electron chi connectivity index (χ4n) is 3.19. The van der Waals surface area contributed by atoms with Crippen molar-refractivity contribution >= 4 is 28.9 Å². The van der Waals surface area contributed by atoms with Gasteiger partial charge in [0.25, 0.3) is 5.91 Å². The molecule has 0 aliphatic carbocycles. The summed E-state index contributed by atoms with van der Waals surface area (Å²) >= 11 is 1.43. The molecule has 162 valence electrons. The number of amides is 2. The van der Waals surface area contributed by atoms with Gasteiger partial charge in [-0.05, 0) is 43.8 Å². The second kappa shape index (κ2) is 10.3. The molecule has 8 heteroatoms. The summed E-state index contributed by atoms with van der Waals surface area (Å²) in [7, 11) is 3.90. The molecule has 0 bridgehead atoms. The van der Waals surface area contributed by atoms with Crippen molar-refractivity contribution in [2.75, 3.05) is 27.2 Å². The quantitative estimate of drug-likeness (QED) is 0.602. The van der Waals surface area contributed by atoms with Gasteiger partial charge in [-0.3, -0.25) is 14.4 Å². The van der Waals surface area contributed by atoms with E-state index in [2.05, 4.69) is 31.4 Å². The second-order valence-corrected chi connectivity index (χ2v) is 9.43. The summed E-state index contributed by atoms with van der Waals surface area (Å²) in [5.41, 5.74) is 0.399. The van der Waals surface area contributed by atoms with E-state index >= 15 is 0 Å². The van der Waals surface area contributed by atoms with Gasteiger partial charge in [0.1, 0.15) is 18.7 Å². The van der Waals surface area contributed by atoms with Crippen molar-refractivity contribution in [2.45, 2.75) is 58.2 Å². The zero-order valence-electron chi connectivity index (χ0n) is 18.0. The number of carbonyl (C=O) groups is 3. The number of ether oxygens (including phenoxy) is 1. The minimum Gasteiger partial charge on any atom is -0.368 e. The number of rotatable bonds is 10. The Kier molecular flexibility index (Phi) is 8.36. The minimum absolute atomic E-state index is 0.00935. The zero-order chi connectivity index (χ0) is 21.6. The molecule has 3 atom stereocenters. The SMILES string of the molecule is CCC(C)(C)C[C@H](NC(=O)c1ccsc1)C(=O)NC1C(=O)COC1CCN(C)C. The molecule has 2 rings (SSSR count). The molecular weight excluding hydrogens is 390 g/mol. The number of ketones is 1. The van der Waals surface area contributed by atoms with Gasteiger partial charge in [0.2, 0.25) is 5.91 Å². The molecule has 0 aromatic carbocycles. The molecule has 2 N–H and O–H groups in total. The lowest BCUT2D eigenvalue weighted by atomic mass is 9.83. The normalized spacial score (nSPS) is 20.7. The minimum atomic E-state index is -0.722. The monoisotopic (exact) mass is 423 g/mol. The molecule has 29 heavy (non-hydrogen) atoms. The summed E-state index contributed by atoms with van der Waals surface area (Å²) in [6.45, 7) is 6.95. The van der Waals surface area contributed by atoms with Crippen LogP contribution in [0.3, 0.4) is 0 Å². The van der Waals surface area contributed by atoms with Gasteiger partial charge < -0.3 is 20.3 Å². The van der Waals surface area contributed by atoms with E-state index in [0.717, 1.165) is 13.0 Å². The van der Waals surface area contributed by atoms with Gasteiger partial charge in [-0.1, -0.05) is 27.2 Å². The van der Waals surface area contributed by atoms with Crippen molar-refractivity contribution in [3.05, 3.63) is 22.4 Å².